The molecule has 1 aromatic rings. The summed E-state index contributed by atoms with van der Waals surface area (Å²) in [5.41, 5.74) is 3.09. The van der Waals surface area contributed by atoms with Crippen LogP contribution < -0.4 is 0 Å². The van der Waals surface area contributed by atoms with Crippen LogP contribution in [0.2, 0.25) is 0 Å². The lowest BCUT2D eigenvalue weighted by molar-refractivity contribution is 0.348. The zero-order chi connectivity index (χ0) is 21.7. The van der Waals surface area contributed by atoms with Crippen LogP contribution in [0.15, 0.2) is 48.6 Å². The lowest BCUT2D eigenvalue weighted by Crippen LogP contribution is -2.14. The monoisotopic (exact) mass is 417 g/mol. The number of rotatable bonds is 10. The number of benzene rings is 1. The molecule has 0 bridgehead atoms. The molecule has 1 nitrogen and oxygen atoms in total. The van der Waals surface area contributed by atoms with Gasteiger partial charge in [-0.3, -0.25) is 0 Å². The summed E-state index contributed by atoms with van der Waals surface area (Å²) in [5, 5.41) is 8.69. The minimum Gasteiger partial charge on any atom is -0.193 e. The summed E-state index contributed by atoms with van der Waals surface area (Å²) in [7, 11) is 0. The lowest BCUT2D eigenvalue weighted by Gasteiger charge is -2.28. The third kappa shape index (κ3) is 8.33. The van der Waals surface area contributed by atoms with Crippen LogP contribution in [0.3, 0.4) is 0 Å². The van der Waals surface area contributed by atoms with Crippen LogP contribution >= 0.6 is 0 Å². The summed E-state index contributed by atoms with van der Waals surface area (Å²) in [6, 6.07) is 11.8. The fourth-order valence-electron chi connectivity index (χ4n) is 5.56. The van der Waals surface area contributed by atoms with Crippen molar-refractivity contribution < 1.29 is 0 Å². The molecule has 3 rings (SSSR count). The average molecular weight is 418 g/mol. The normalized spacial score (nSPS) is 27.0. The first-order valence-electron chi connectivity index (χ1n) is 13.1. The maximum atomic E-state index is 8.69. The highest BCUT2D eigenvalue weighted by Crippen LogP contribution is 2.37. The number of nitrogens with zero attached hydrogens (tertiary/aromatic N) is 1. The molecule has 31 heavy (non-hydrogen) atoms. The van der Waals surface area contributed by atoms with Gasteiger partial charge in [-0.25, -0.2) is 0 Å². The molecule has 0 atom stereocenters. The topological polar surface area (TPSA) is 23.8 Å². The van der Waals surface area contributed by atoms with Crippen LogP contribution in [0.1, 0.15) is 107 Å². The Morgan fingerprint density at radius 1 is 0.742 bits per heavy atom. The van der Waals surface area contributed by atoms with E-state index >= 15 is 0 Å². The van der Waals surface area contributed by atoms with E-state index in [0.29, 0.717) is 5.92 Å². The van der Waals surface area contributed by atoms with Gasteiger partial charge in [0, 0.05) is 6.08 Å². The lowest BCUT2D eigenvalue weighted by atomic mass is 9.77. The van der Waals surface area contributed by atoms with Crippen molar-refractivity contribution in [3.05, 3.63) is 59.7 Å². The molecule has 0 heterocycles. The fourth-order valence-corrected chi connectivity index (χ4v) is 5.56. The molecular weight excluding hydrogens is 374 g/mol. The van der Waals surface area contributed by atoms with E-state index < -0.39 is 0 Å². The van der Waals surface area contributed by atoms with Crippen molar-refractivity contribution in [3.63, 3.8) is 0 Å². The predicted octanol–water partition coefficient (Wildman–Crippen LogP) is 8.92. The summed E-state index contributed by atoms with van der Waals surface area (Å²) in [5.74, 6) is 2.95. The maximum Gasteiger partial charge on any atom is 0.0908 e. The highest BCUT2D eigenvalue weighted by Gasteiger charge is 2.22. The molecule has 2 fully saturated rings. The van der Waals surface area contributed by atoms with Gasteiger partial charge in [0.25, 0.3) is 0 Å². The summed E-state index contributed by atoms with van der Waals surface area (Å²) in [6.07, 6.45) is 27.4. The number of nitriles is 1. The van der Waals surface area contributed by atoms with E-state index in [-0.39, 0.29) is 0 Å². The van der Waals surface area contributed by atoms with Crippen LogP contribution in [0.25, 0.3) is 0 Å². The molecule has 0 radical (unpaired) electrons. The van der Waals surface area contributed by atoms with E-state index in [1.165, 1.54) is 95.5 Å². The number of hydrogen-bond acceptors (Lipinski definition) is 1. The molecule has 168 valence electrons. The van der Waals surface area contributed by atoms with Gasteiger partial charge >= 0.3 is 0 Å². The molecule has 0 spiro atoms. The first-order valence-corrected chi connectivity index (χ1v) is 13.1. The molecule has 2 aliphatic rings. The first kappa shape index (κ1) is 23.8. The van der Waals surface area contributed by atoms with Crippen molar-refractivity contribution in [1.29, 1.82) is 5.26 Å². The van der Waals surface area contributed by atoms with Crippen molar-refractivity contribution in [3.8, 4) is 6.07 Å². The van der Waals surface area contributed by atoms with Gasteiger partial charge < -0.3 is 0 Å². The zero-order valence-electron chi connectivity index (χ0n) is 19.8. The molecule has 1 aromatic carbocycles. The van der Waals surface area contributed by atoms with Gasteiger partial charge in [0.1, 0.15) is 0 Å². The van der Waals surface area contributed by atoms with Crippen LogP contribution in [0, 0.1) is 29.1 Å². The molecule has 0 aliphatic heterocycles. The van der Waals surface area contributed by atoms with Gasteiger partial charge in [-0.05, 0) is 99.0 Å². The minimum absolute atomic E-state index is 0.632. The van der Waals surface area contributed by atoms with Gasteiger partial charge in [-0.15, -0.1) is 0 Å². The molecule has 2 saturated carbocycles. The number of aryl methyl sites for hydroxylation is 1. The molecule has 0 amide bonds. The Hall–Kier alpha value is -1.81. The second kappa shape index (κ2) is 13.6. The number of hydrogen-bond donors (Lipinski definition) is 0. The van der Waals surface area contributed by atoms with Crippen molar-refractivity contribution in [2.45, 2.75) is 103 Å². The predicted molar refractivity (Wildman–Crippen MR) is 133 cm³/mol. The van der Waals surface area contributed by atoms with Crippen molar-refractivity contribution in [2.75, 3.05) is 0 Å². The molecule has 2 aliphatic carbocycles. The third-order valence-electron chi connectivity index (χ3n) is 7.71. The summed E-state index contributed by atoms with van der Waals surface area (Å²) in [6.45, 7) is 2.28. The SMILES string of the molecule is CCCCCCCc1ccc([C@H]2CC[C@H](/C=C/[C@H]3CC[C@H](C=CC#N)CC3)CC2)cc1. The summed E-state index contributed by atoms with van der Waals surface area (Å²) < 4.78 is 0. The second-order valence-electron chi connectivity index (χ2n) is 10.1. The van der Waals surface area contributed by atoms with Gasteiger partial charge in [-0.2, -0.15) is 5.26 Å². The van der Waals surface area contributed by atoms with Crippen LogP contribution in [0.4, 0.5) is 0 Å². The number of unbranched alkanes of at least 4 members (excludes halogenated alkanes) is 4. The standard InChI is InChI=1S/C30H43N/c1-2-3-4-5-6-8-25-16-20-29(21-17-25)30-22-18-28(19-23-30)15-14-27-12-10-26(11-13-27)9-7-24-31/h7,9,14-17,20-21,26-28,30H,2-6,8,10-13,18-19,22-23H2,1H3/b9-7?,15-14+/t26-,27-,28-,30-. The summed E-state index contributed by atoms with van der Waals surface area (Å²) in [4.78, 5) is 0. The highest BCUT2D eigenvalue weighted by molar-refractivity contribution is 5.26. The van der Waals surface area contributed by atoms with E-state index in [1.807, 2.05) is 0 Å². The van der Waals surface area contributed by atoms with E-state index in [0.717, 1.165) is 17.8 Å². The smallest absolute Gasteiger partial charge is 0.0908 e. The first-order chi connectivity index (χ1) is 15.3. The number of allylic oxidation sites excluding steroid dienone is 4. The second-order valence-corrected chi connectivity index (χ2v) is 10.1. The van der Waals surface area contributed by atoms with Crippen molar-refractivity contribution in [1.82, 2.24) is 0 Å². The Bertz CT molecular complexity index is 704. The van der Waals surface area contributed by atoms with Gasteiger partial charge in [0.15, 0.2) is 0 Å². The highest BCUT2D eigenvalue weighted by atomic mass is 14.3. The largest absolute Gasteiger partial charge is 0.193 e. The third-order valence-corrected chi connectivity index (χ3v) is 7.71. The van der Waals surface area contributed by atoms with Gasteiger partial charge in [-0.1, -0.05) is 75.1 Å². The maximum absolute atomic E-state index is 8.69. The molecule has 0 N–H and O–H groups in total. The Labute approximate surface area is 191 Å². The quantitative estimate of drug-likeness (QED) is 0.212. The molecule has 0 unspecified atom stereocenters. The van der Waals surface area contributed by atoms with E-state index in [9.17, 15) is 0 Å². The van der Waals surface area contributed by atoms with E-state index in [1.54, 1.807) is 11.6 Å². The minimum atomic E-state index is 0.632. The molecular formula is C30H43N. The zero-order valence-corrected chi connectivity index (χ0v) is 19.8. The van der Waals surface area contributed by atoms with Crippen LogP contribution in [-0.4, -0.2) is 0 Å². The van der Waals surface area contributed by atoms with E-state index in [2.05, 4.69) is 55.5 Å². The Morgan fingerprint density at radius 3 is 1.87 bits per heavy atom. The molecule has 0 aromatic heterocycles. The Balaban J connectivity index is 1.35. The van der Waals surface area contributed by atoms with Crippen LogP contribution in [-0.2, 0) is 6.42 Å². The van der Waals surface area contributed by atoms with Crippen LogP contribution in [0.5, 0.6) is 0 Å². The van der Waals surface area contributed by atoms with Gasteiger partial charge in [0.05, 0.1) is 6.07 Å². The van der Waals surface area contributed by atoms with Crippen molar-refractivity contribution >= 4 is 0 Å². The Kier molecular flexibility index (Phi) is 10.4. The van der Waals surface area contributed by atoms with Gasteiger partial charge in [0.2, 0.25) is 0 Å². The molecule has 1 heteroatoms. The van der Waals surface area contributed by atoms with E-state index in [4.69, 9.17) is 5.26 Å². The summed E-state index contributed by atoms with van der Waals surface area (Å²) >= 11 is 0. The average Bonchev–Trinajstić information content (AvgIpc) is 2.83. The molecule has 0 saturated heterocycles. The van der Waals surface area contributed by atoms with Crippen molar-refractivity contribution in [2.24, 2.45) is 17.8 Å². The Morgan fingerprint density at radius 2 is 1.29 bits per heavy atom. The fraction of sp³-hybridized carbons (Fsp3) is 0.633.